The van der Waals surface area contributed by atoms with Gasteiger partial charge in [0, 0.05) is 18.3 Å². The quantitative estimate of drug-likeness (QED) is 0.0492. The molecule has 0 unspecified atom stereocenters. The van der Waals surface area contributed by atoms with Gasteiger partial charge in [-0.2, -0.15) is 0 Å². The van der Waals surface area contributed by atoms with E-state index in [1.165, 1.54) is 14.2 Å². The molecule has 6 N–H and O–H groups in total. The lowest BCUT2D eigenvalue weighted by molar-refractivity contribution is -0.155. The molecule has 4 aromatic rings. The summed E-state index contributed by atoms with van der Waals surface area (Å²) in [5.74, 6) is -1.87. The molecule has 5 atom stereocenters. The van der Waals surface area contributed by atoms with Crippen LogP contribution in [0.15, 0.2) is 109 Å². The van der Waals surface area contributed by atoms with Crippen LogP contribution in [0.25, 0.3) is 11.3 Å². The second-order valence-corrected chi connectivity index (χ2v) is 17.2. The Labute approximate surface area is 364 Å². The summed E-state index contributed by atoms with van der Waals surface area (Å²) in [6.07, 6.45) is -0.708. The molecule has 0 bridgehead atoms. The number of ether oxygens (including phenoxy) is 3. The van der Waals surface area contributed by atoms with E-state index in [0.717, 1.165) is 27.9 Å². The summed E-state index contributed by atoms with van der Waals surface area (Å²) in [6.45, 7) is 10.7. The highest BCUT2D eigenvalue weighted by Crippen LogP contribution is 2.24. The first-order chi connectivity index (χ1) is 29.4. The summed E-state index contributed by atoms with van der Waals surface area (Å²) in [5.41, 5.74) is 12.0. The third-order valence-electron chi connectivity index (χ3n) is 10.1. The SMILES string of the molecule is COC(=O)N[C@H](C(=O)N[C@@H](Cc1ccccc1)[C@H](CN(Cc1ccc(-c2ccccn2)cc1)NC(=O)[C@@H](NC(=O)OC)C(C)(C)C)OC(=O)[C@@H](N)Cc1ccccc1)C(C)(C)C. The third-order valence-corrected chi connectivity index (χ3v) is 10.1. The van der Waals surface area contributed by atoms with Crippen LogP contribution >= 0.6 is 0 Å². The average molecular weight is 852 g/mol. The number of nitrogens with one attached hydrogen (secondary N) is 4. The number of hydrogen-bond acceptors (Lipinski definition) is 11. The Morgan fingerprint density at radius 2 is 1.16 bits per heavy atom. The van der Waals surface area contributed by atoms with Gasteiger partial charge >= 0.3 is 18.2 Å². The number of rotatable bonds is 18. The van der Waals surface area contributed by atoms with Crippen molar-refractivity contribution < 1.29 is 38.2 Å². The highest BCUT2D eigenvalue weighted by atomic mass is 16.6. The number of hydrazine groups is 1. The number of aromatic nitrogens is 1. The van der Waals surface area contributed by atoms with Crippen molar-refractivity contribution in [2.75, 3.05) is 20.8 Å². The number of alkyl carbamates (subject to hydrolysis) is 2. The molecule has 1 aromatic heterocycles. The fourth-order valence-electron chi connectivity index (χ4n) is 6.67. The van der Waals surface area contributed by atoms with Gasteiger partial charge in [0.15, 0.2) is 0 Å². The number of benzene rings is 3. The molecular weight excluding hydrogens is 791 g/mol. The fourth-order valence-corrected chi connectivity index (χ4v) is 6.67. The minimum atomic E-state index is -1.16. The molecule has 62 heavy (non-hydrogen) atoms. The van der Waals surface area contributed by atoms with E-state index in [2.05, 4.69) is 26.4 Å². The van der Waals surface area contributed by atoms with Crippen LogP contribution < -0.4 is 27.1 Å². The summed E-state index contributed by atoms with van der Waals surface area (Å²) in [7, 11) is 2.42. The van der Waals surface area contributed by atoms with Crippen molar-refractivity contribution >= 4 is 30.0 Å². The van der Waals surface area contributed by atoms with E-state index in [0.29, 0.717) is 0 Å². The molecular formula is C47H61N7O8. The molecule has 4 rings (SSSR count). The molecule has 0 aliphatic carbocycles. The van der Waals surface area contributed by atoms with Crippen molar-refractivity contribution in [2.45, 2.75) is 91.2 Å². The van der Waals surface area contributed by atoms with Crippen LogP contribution in [0.1, 0.15) is 58.2 Å². The second-order valence-electron chi connectivity index (χ2n) is 17.2. The number of esters is 1. The molecule has 0 aliphatic rings. The van der Waals surface area contributed by atoms with Crippen molar-refractivity contribution in [3.8, 4) is 11.3 Å². The molecule has 0 fully saturated rings. The molecule has 0 spiro atoms. The predicted octanol–water partition coefficient (Wildman–Crippen LogP) is 5.33. The van der Waals surface area contributed by atoms with Gasteiger partial charge < -0.3 is 35.9 Å². The first kappa shape index (κ1) is 48.3. The van der Waals surface area contributed by atoms with Gasteiger partial charge in [0.2, 0.25) is 5.91 Å². The lowest BCUT2D eigenvalue weighted by Crippen LogP contribution is -2.61. The van der Waals surface area contributed by atoms with Gasteiger partial charge in [-0.15, -0.1) is 0 Å². The number of carbonyl (C=O) groups is 5. The van der Waals surface area contributed by atoms with Gasteiger partial charge in [-0.1, -0.05) is 133 Å². The van der Waals surface area contributed by atoms with E-state index in [1.54, 1.807) is 52.7 Å². The van der Waals surface area contributed by atoms with Gasteiger partial charge in [0.25, 0.3) is 5.91 Å². The standard InChI is InChI=1S/C47H61N7O8/c1-46(2,3)39(51-44(58)60-7)41(55)50-37(28-32-19-13-10-14-20-32)38(62-43(57)35(48)27-31-17-11-9-12-18-31)30-54(53-42(56)40(47(4,5)6)52-45(59)61-8)29-33-22-24-34(25-23-33)36-21-15-16-26-49-36/h9-26,35,37-40H,27-30,48H2,1-8H3,(H,50,55)(H,51,58)(H,52,59)(H,53,56)/t35-,37-,38-,39+,40+/m0/s1. The van der Waals surface area contributed by atoms with E-state index in [1.807, 2.05) is 103 Å². The molecule has 0 saturated heterocycles. The highest BCUT2D eigenvalue weighted by molar-refractivity contribution is 5.87. The highest BCUT2D eigenvalue weighted by Gasteiger charge is 2.39. The Balaban J connectivity index is 1.81. The Hall–Kier alpha value is -6.32. The van der Waals surface area contributed by atoms with Gasteiger partial charge in [-0.05, 0) is 52.5 Å². The normalized spacial score (nSPS) is 14.0. The third kappa shape index (κ3) is 15.0. The predicted molar refractivity (Wildman–Crippen MR) is 236 cm³/mol. The number of methoxy groups -OCH3 is 2. The molecule has 0 aliphatic heterocycles. The van der Waals surface area contributed by atoms with Crippen LogP contribution in [0, 0.1) is 10.8 Å². The number of carbonyl (C=O) groups excluding carboxylic acids is 5. The van der Waals surface area contributed by atoms with Crippen molar-refractivity contribution in [1.82, 2.24) is 31.4 Å². The van der Waals surface area contributed by atoms with Gasteiger partial charge in [-0.25, -0.2) is 14.6 Å². The number of pyridine rings is 1. The maximum Gasteiger partial charge on any atom is 0.407 e. The maximum absolute atomic E-state index is 14.4. The topological polar surface area (TPSA) is 203 Å². The number of amides is 4. The first-order valence-electron chi connectivity index (χ1n) is 20.5. The lowest BCUT2D eigenvalue weighted by atomic mass is 9.85. The molecule has 4 amide bonds. The van der Waals surface area contributed by atoms with Gasteiger partial charge in [0.05, 0.1) is 32.5 Å². The summed E-state index contributed by atoms with van der Waals surface area (Å²) in [6, 6.07) is 27.6. The molecule has 15 nitrogen and oxygen atoms in total. The van der Waals surface area contributed by atoms with E-state index < -0.39 is 71.1 Å². The maximum atomic E-state index is 14.4. The first-order valence-corrected chi connectivity index (χ1v) is 20.5. The van der Waals surface area contributed by atoms with Crippen LogP contribution in [-0.4, -0.2) is 91.0 Å². The number of nitrogens with zero attached hydrogens (tertiary/aromatic N) is 2. The monoisotopic (exact) mass is 851 g/mol. The van der Waals surface area contributed by atoms with Crippen LogP contribution in [0.2, 0.25) is 0 Å². The number of nitrogens with two attached hydrogens (primary N) is 1. The Morgan fingerprint density at radius 1 is 0.645 bits per heavy atom. The second kappa shape index (κ2) is 22.5. The Bertz CT molecular complexity index is 2060. The zero-order chi connectivity index (χ0) is 45.5. The molecule has 3 aromatic carbocycles. The van der Waals surface area contributed by atoms with Crippen LogP contribution in [0.3, 0.4) is 0 Å². The van der Waals surface area contributed by atoms with Crippen LogP contribution in [-0.2, 0) is 48.0 Å². The smallest absolute Gasteiger partial charge is 0.407 e. The van der Waals surface area contributed by atoms with Gasteiger partial charge in [0.1, 0.15) is 24.2 Å². The summed E-state index contributed by atoms with van der Waals surface area (Å²) in [4.78, 5) is 72.2. The van der Waals surface area contributed by atoms with Gasteiger partial charge in [-0.3, -0.25) is 24.8 Å². The lowest BCUT2D eigenvalue weighted by Gasteiger charge is -2.37. The summed E-state index contributed by atoms with van der Waals surface area (Å²) in [5, 5.41) is 9.94. The van der Waals surface area contributed by atoms with E-state index in [9.17, 15) is 24.0 Å². The molecule has 332 valence electrons. The van der Waals surface area contributed by atoms with E-state index >= 15 is 0 Å². The zero-order valence-corrected chi connectivity index (χ0v) is 36.8. The van der Waals surface area contributed by atoms with E-state index in [4.69, 9.17) is 19.9 Å². The molecule has 0 radical (unpaired) electrons. The van der Waals surface area contributed by atoms with Crippen molar-refractivity contribution in [3.05, 3.63) is 126 Å². The zero-order valence-electron chi connectivity index (χ0n) is 36.8. The molecule has 15 heteroatoms. The average Bonchev–Trinajstić information content (AvgIpc) is 3.24. The summed E-state index contributed by atoms with van der Waals surface area (Å²) >= 11 is 0. The largest absolute Gasteiger partial charge is 0.458 e. The Kier molecular flexibility index (Phi) is 17.5. The molecule has 1 heterocycles. The van der Waals surface area contributed by atoms with E-state index in [-0.39, 0.29) is 25.9 Å². The fraction of sp³-hybridized carbons (Fsp3) is 0.404. The Morgan fingerprint density at radius 3 is 1.66 bits per heavy atom. The molecule has 0 saturated carbocycles. The van der Waals surface area contributed by atoms with Crippen molar-refractivity contribution in [1.29, 1.82) is 0 Å². The minimum Gasteiger partial charge on any atom is -0.458 e. The van der Waals surface area contributed by atoms with Crippen LogP contribution in [0.4, 0.5) is 9.59 Å². The minimum absolute atomic E-state index is 0.0912. The number of hydrogen-bond donors (Lipinski definition) is 5. The summed E-state index contributed by atoms with van der Waals surface area (Å²) < 4.78 is 16.1. The van der Waals surface area contributed by atoms with Crippen molar-refractivity contribution in [2.24, 2.45) is 16.6 Å². The van der Waals surface area contributed by atoms with Crippen molar-refractivity contribution in [3.63, 3.8) is 0 Å². The van der Waals surface area contributed by atoms with Crippen LogP contribution in [0.5, 0.6) is 0 Å².